The smallest absolute Gasteiger partial charge is 0.264 e. The summed E-state index contributed by atoms with van der Waals surface area (Å²) in [5.41, 5.74) is 2.35. The first-order valence-corrected chi connectivity index (χ1v) is 11.7. The van der Waals surface area contributed by atoms with Crippen LogP contribution in [0.4, 0.5) is 14.5 Å². The molecule has 1 aliphatic rings. The molecule has 32 heavy (non-hydrogen) atoms. The van der Waals surface area contributed by atoms with Gasteiger partial charge in [-0.05, 0) is 73.4 Å². The van der Waals surface area contributed by atoms with E-state index in [1.54, 1.807) is 13.0 Å². The minimum absolute atomic E-state index is 0.0967. The van der Waals surface area contributed by atoms with Gasteiger partial charge in [0.2, 0.25) is 0 Å². The number of aryl methyl sites for hydroxylation is 1. The van der Waals surface area contributed by atoms with Crippen LogP contribution in [-0.2, 0) is 16.4 Å². The van der Waals surface area contributed by atoms with Crippen LogP contribution in [0.2, 0.25) is 0 Å². The summed E-state index contributed by atoms with van der Waals surface area (Å²) >= 11 is 0. The van der Waals surface area contributed by atoms with Crippen LogP contribution < -0.4 is 9.62 Å². The molecule has 4 rings (SSSR count). The van der Waals surface area contributed by atoms with E-state index in [1.807, 2.05) is 18.2 Å². The van der Waals surface area contributed by atoms with Crippen LogP contribution in [0.5, 0.6) is 0 Å². The van der Waals surface area contributed by atoms with Gasteiger partial charge < -0.3 is 5.32 Å². The first-order valence-electron chi connectivity index (χ1n) is 10.2. The molecule has 5 nitrogen and oxygen atoms in total. The summed E-state index contributed by atoms with van der Waals surface area (Å²) < 4.78 is 54.4. The standard InChI is InChI=1S/C24H22F2N2O3S/c1-16(19-10-13-21(25)22(26)15-19)27-24(29)18-8-11-20(12-9-18)32(30,31)28-14-4-6-17-5-2-3-7-23(17)28/h2-3,5,7-13,15-16H,4,6,14H2,1H3,(H,27,29)/t16-/m1/s1. The Morgan fingerprint density at radius 2 is 1.72 bits per heavy atom. The predicted molar refractivity (Wildman–Crippen MR) is 118 cm³/mol. The van der Waals surface area contributed by atoms with Gasteiger partial charge in [0.25, 0.3) is 15.9 Å². The van der Waals surface area contributed by atoms with Gasteiger partial charge in [-0.1, -0.05) is 24.3 Å². The summed E-state index contributed by atoms with van der Waals surface area (Å²) in [4.78, 5) is 12.7. The van der Waals surface area contributed by atoms with Gasteiger partial charge in [0.05, 0.1) is 16.6 Å². The lowest BCUT2D eigenvalue weighted by atomic mass is 10.0. The molecule has 1 N–H and O–H groups in total. The highest BCUT2D eigenvalue weighted by atomic mass is 32.2. The third kappa shape index (κ3) is 4.23. The SMILES string of the molecule is C[C@@H](NC(=O)c1ccc(S(=O)(=O)N2CCCc3ccccc32)cc1)c1ccc(F)c(F)c1. The van der Waals surface area contributed by atoms with Crippen molar-refractivity contribution in [2.24, 2.45) is 0 Å². The number of para-hydroxylation sites is 1. The number of sulfonamides is 1. The molecule has 0 aliphatic carbocycles. The molecular weight excluding hydrogens is 434 g/mol. The molecule has 0 bridgehead atoms. The number of nitrogens with one attached hydrogen (secondary N) is 1. The molecule has 0 spiro atoms. The monoisotopic (exact) mass is 456 g/mol. The van der Waals surface area contributed by atoms with Crippen LogP contribution in [0.25, 0.3) is 0 Å². The summed E-state index contributed by atoms with van der Waals surface area (Å²) in [6.07, 6.45) is 1.57. The molecule has 0 saturated carbocycles. The van der Waals surface area contributed by atoms with E-state index < -0.39 is 33.6 Å². The fourth-order valence-electron chi connectivity index (χ4n) is 3.80. The maximum Gasteiger partial charge on any atom is 0.264 e. The van der Waals surface area contributed by atoms with E-state index in [0.717, 1.165) is 30.5 Å². The fourth-order valence-corrected chi connectivity index (χ4v) is 5.34. The van der Waals surface area contributed by atoms with Crippen LogP contribution in [0.3, 0.4) is 0 Å². The van der Waals surface area contributed by atoms with E-state index in [2.05, 4.69) is 5.32 Å². The molecule has 1 atom stereocenters. The summed E-state index contributed by atoms with van der Waals surface area (Å²) in [5.74, 6) is -2.40. The quantitative estimate of drug-likeness (QED) is 0.610. The van der Waals surface area contributed by atoms with Crippen molar-refractivity contribution < 1.29 is 22.0 Å². The molecule has 1 aliphatic heterocycles. The van der Waals surface area contributed by atoms with Gasteiger partial charge in [0, 0.05) is 12.1 Å². The highest BCUT2D eigenvalue weighted by Gasteiger charge is 2.29. The zero-order valence-electron chi connectivity index (χ0n) is 17.4. The van der Waals surface area contributed by atoms with E-state index in [1.165, 1.54) is 34.6 Å². The number of nitrogens with zero attached hydrogens (tertiary/aromatic N) is 1. The molecule has 0 aromatic heterocycles. The normalized spacial score (nSPS) is 14.5. The number of halogens is 2. The molecule has 166 valence electrons. The summed E-state index contributed by atoms with van der Waals surface area (Å²) in [7, 11) is -3.77. The van der Waals surface area contributed by atoms with Crippen LogP contribution in [0.15, 0.2) is 71.6 Å². The van der Waals surface area contributed by atoms with Crippen molar-refractivity contribution in [2.45, 2.75) is 30.7 Å². The van der Waals surface area contributed by atoms with E-state index in [-0.39, 0.29) is 10.5 Å². The molecule has 1 amide bonds. The van der Waals surface area contributed by atoms with E-state index in [0.29, 0.717) is 17.8 Å². The minimum atomic E-state index is -3.77. The van der Waals surface area contributed by atoms with Gasteiger partial charge in [0.1, 0.15) is 0 Å². The Morgan fingerprint density at radius 3 is 2.44 bits per heavy atom. The van der Waals surface area contributed by atoms with Crippen molar-refractivity contribution >= 4 is 21.6 Å². The van der Waals surface area contributed by atoms with Gasteiger partial charge in [-0.15, -0.1) is 0 Å². The molecule has 0 saturated heterocycles. The Bertz CT molecular complexity index is 1260. The largest absolute Gasteiger partial charge is 0.346 e. The maximum absolute atomic E-state index is 13.5. The second kappa shape index (κ2) is 8.70. The molecule has 0 unspecified atom stereocenters. The number of amides is 1. The molecule has 1 heterocycles. The number of fused-ring (bicyclic) bond motifs is 1. The number of carbonyl (C=O) groups is 1. The molecular formula is C24H22F2N2O3S. The second-order valence-electron chi connectivity index (χ2n) is 7.70. The Balaban J connectivity index is 1.51. The topological polar surface area (TPSA) is 66.5 Å². The van der Waals surface area contributed by atoms with E-state index in [9.17, 15) is 22.0 Å². The zero-order valence-corrected chi connectivity index (χ0v) is 18.2. The van der Waals surface area contributed by atoms with Gasteiger partial charge in [-0.25, -0.2) is 17.2 Å². The van der Waals surface area contributed by atoms with Gasteiger partial charge in [-0.3, -0.25) is 9.10 Å². The van der Waals surface area contributed by atoms with Crippen molar-refractivity contribution in [1.82, 2.24) is 5.32 Å². The van der Waals surface area contributed by atoms with Crippen molar-refractivity contribution in [3.63, 3.8) is 0 Å². The first-order chi connectivity index (χ1) is 15.3. The Hall–Kier alpha value is -3.26. The molecule has 3 aromatic rings. The summed E-state index contributed by atoms with van der Waals surface area (Å²) in [5, 5.41) is 2.71. The highest BCUT2D eigenvalue weighted by Crippen LogP contribution is 2.31. The minimum Gasteiger partial charge on any atom is -0.346 e. The van der Waals surface area contributed by atoms with Crippen molar-refractivity contribution in [3.05, 3.63) is 95.1 Å². The average molecular weight is 457 g/mol. The molecule has 8 heteroatoms. The van der Waals surface area contributed by atoms with Crippen LogP contribution >= 0.6 is 0 Å². The van der Waals surface area contributed by atoms with Gasteiger partial charge in [-0.2, -0.15) is 0 Å². The summed E-state index contributed by atoms with van der Waals surface area (Å²) in [6.45, 7) is 2.05. The average Bonchev–Trinajstić information content (AvgIpc) is 2.80. The lowest BCUT2D eigenvalue weighted by molar-refractivity contribution is 0.0939. The zero-order chi connectivity index (χ0) is 22.9. The van der Waals surface area contributed by atoms with Crippen LogP contribution in [0, 0.1) is 11.6 Å². The lowest BCUT2D eigenvalue weighted by Crippen LogP contribution is -2.35. The van der Waals surface area contributed by atoms with Crippen molar-refractivity contribution in [2.75, 3.05) is 10.8 Å². The van der Waals surface area contributed by atoms with Crippen molar-refractivity contribution in [3.8, 4) is 0 Å². The van der Waals surface area contributed by atoms with Crippen LogP contribution in [0.1, 0.15) is 40.9 Å². The summed E-state index contributed by atoms with van der Waals surface area (Å²) in [6, 6.07) is 16.0. The van der Waals surface area contributed by atoms with Gasteiger partial charge in [0.15, 0.2) is 11.6 Å². The van der Waals surface area contributed by atoms with E-state index >= 15 is 0 Å². The van der Waals surface area contributed by atoms with Crippen LogP contribution in [-0.4, -0.2) is 20.9 Å². The van der Waals surface area contributed by atoms with Gasteiger partial charge >= 0.3 is 0 Å². The Kier molecular flexibility index (Phi) is 5.97. The lowest BCUT2D eigenvalue weighted by Gasteiger charge is -2.30. The Morgan fingerprint density at radius 1 is 1.00 bits per heavy atom. The second-order valence-corrected chi connectivity index (χ2v) is 9.56. The molecule has 0 radical (unpaired) electrons. The predicted octanol–water partition coefficient (Wildman–Crippen LogP) is 4.60. The number of rotatable bonds is 5. The number of hydrogen-bond acceptors (Lipinski definition) is 3. The first kappa shape index (κ1) is 22.0. The third-order valence-electron chi connectivity index (χ3n) is 5.56. The maximum atomic E-state index is 13.5. The highest BCUT2D eigenvalue weighted by molar-refractivity contribution is 7.92. The molecule has 3 aromatic carbocycles. The van der Waals surface area contributed by atoms with E-state index in [4.69, 9.17) is 0 Å². The molecule has 0 fully saturated rings. The number of anilines is 1. The Labute approximate surface area is 185 Å². The number of benzene rings is 3. The number of hydrogen-bond donors (Lipinski definition) is 1. The fraction of sp³-hybridized carbons (Fsp3) is 0.208. The number of carbonyl (C=O) groups excluding carboxylic acids is 1. The van der Waals surface area contributed by atoms with Crippen molar-refractivity contribution in [1.29, 1.82) is 0 Å². The third-order valence-corrected chi connectivity index (χ3v) is 7.39.